The molecule has 0 aliphatic carbocycles. The Morgan fingerprint density at radius 1 is 1.00 bits per heavy atom. The van der Waals surface area contributed by atoms with Gasteiger partial charge >= 0.3 is 6.18 Å². The lowest BCUT2D eigenvalue weighted by atomic mass is 10.00. The van der Waals surface area contributed by atoms with Crippen LogP contribution < -0.4 is 4.72 Å². The maximum Gasteiger partial charge on any atom is 0.417 e. The molecule has 2 aromatic rings. The van der Waals surface area contributed by atoms with Gasteiger partial charge in [0.15, 0.2) is 0 Å². The molecule has 0 fully saturated rings. The molecule has 0 atom stereocenters. The van der Waals surface area contributed by atoms with Crippen LogP contribution in [0.4, 0.5) is 13.2 Å². The van der Waals surface area contributed by atoms with Crippen LogP contribution in [0.5, 0.6) is 0 Å². The number of hydrogen-bond acceptors (Lipinski definition) is 3. The van der Waals surface area contributed by atoms with Crippen molar-refractivity contribution >= 4 is 10.0 Å². The summed E-state index contributed by atoms with van der Waals surface area (Å²) >= 11 is 0. The second-order valence-electron chi connectivity index (χ2n) is 6.54. The quantitative estimate of drug-likeness (QED) is 0.759. The van der Waals surface area contributed by atoms with E-state index in [2.05, 4.69) is 21.8 Å². The highest BCUT2D eigenvalue weighted by atomic mass is 32.2. The molecule has 1 N–H and O–H groups in total. The molecule has 0 spiro atoms. The van der Waals surface area contributed by atoms with E-state index < -0.39 is 26.7 Å². The Bertz CT molecular complexity index is 898. The number of rotatable bonds is 6. The van der Waals surface area contributed by atoms with Crippen molar-refractivity contribution in [3.8, 4) is 0 Å². The minimum atomic E-state index is -4.72. The molecule has 0 unspecified atom stereocenters. The summed E-state index contributed by atoms with van der Waals surface area (Å²) in [5.74, 6) is 0. The molecule has 27 heavy (non-hydrogen) atoms. The van der Waals surface area contributed by atoms with Crippen molar-refractivity contribution in [1.82, 2.24) is 9.62 Å². The van der Waals surface area contributed by atoms with E-state index in [0.717, 1.165) is 31.6 Å². The Kier molecular flexibility index (Phi) is 5.88. The number of nitrogens with zero attached hydrogens (tertiary/aromatic N) is 1. The minimum absolute atomic E-state index is 0.0900. The first-order valence-electron chi connectivity index (χ1n) is 8.72. The van der Waals surface area contributed by atoms with Crippen molar-refractivity contribution in [2.75, 3.05) is 19.6 Å². The molecule has 0 radical (unpaired) electrons. The van der Waals surface area contributed by atoms with Crippen LogP contribution in [0.25, 0.3) is 0 Å². The van der Waals surface area contributed by atoms with E-state index >= 15 is 0 Å². The molecule has 3 rings (SSSR count). The van der Waals surface area contributed by atoms with Gasteiger partial charge < -0.3 is 0 Å². The van der Waals surface area contributed by atoms with Crippen LogP contribution >= 0.6 is 0 Å². The minimum Gasteiger partial charge on any atom is -0.299 e. The topological polar surface area (TPSA) is 49.4 Å². The first-order chi connectivity index (χ1) is 12.8. The van der Waals surface area contributed by atoms with E-state index in [9.17, 15) is 21.6 Å². The van der Waals surface area contributed by atoms with Crippen LogP contribution in [0.3, 0.4) is 0 Å². The van der Waals surface area contributed by atoms with Gasteiger partial charge in [0.2, 0.25) is 10.0 Å². The summed E-state index contributed by atoms with van der Waals surface area (Å²) in [6.45, 7) is 2.46. The molecule has 2 aromatic carbocycles. The lowest BCUT2D eigenvalue weighted by molar-refractivity contribution is -0.139. The number of nitrogens with one attached hydrogen (secondary N) is 1. The monoisotopic (exact) mass is 398 g/mol. The highest BCUT2D eigenvalue weighted by Gasteiger charge is 2.36. The SMILES string of the molecule is O=S(=O)(NCCCN1CCc2ccccc2C1)c1ccccc1C(F)(F)F. The van der Waals surface area contributed by atoms with Gasteiger partial charge in [0.25, 0.3) is 0 Å². The zero-order chi connectivity index (χ0) is 19.5. The van der Waals surface area contributed by atoms with Crippen molar-refractivity contribution in [3.63, 3.8) is 0 Å². The molecule has 4 nitrogen and oxygen atoms in total. The van der Waals surface area contributed by atoms with Crippen LogP contribution in [0.15, 0.2) is 53.4 Å². The van der Waals surface area contributed by atoms with Crippen molar-refractivity contribution in [2.24, 2.45) is 0 Å². The second-order valence-corrected chi connectivity index (χ2v) is 8.28. The summed E-state index contributed by atoms with van der Waals surface area (Å²) in [4.78, 5) is 1.49. The Morgan fingerprint density at radius 2 is 1.67 bits per heavy atom. The fraction of sp³-hybridized carbons (Fsp3) is 0.368. The summed E-state index contributed by atoms with van der Waals surface area (Å²) in [7, 11) is -4.21. The fourth-order valence-corrected chi connectivity index (χ4v) is 4.57. The molecule has 1 aliphatic rings. The van der Waals surface area contributed by atoms with Crippen LogP contribution in [0.2, 0.25) is 0 Å². The molecule has 0 amide bonds. The summed E-state index contributed by atoms with van der Waals surface area (Å²) in [5.41, 5.74) is 1.45. The Hall–Kier alpha value is -1.90. The number of fused-ring (bicyclic) bond motifs is 1. The Balaban J connectivity index is 1.55. The highest BCUT2D eigenvalue weighted by molar-refractivity contribution is 7.89. The maximum atomic E-state index is 13.0. The van der Waals surface area contributed by atoms with Gasteiger partial charge in [-0.25, -0.2) is 13.1 Å². The zero-order valence-corrected chi connectivity index (χ0v) is 15.5. The predicted octanol–water partition coefficient (Wildman–Crippen LogP) is 3.43. The lowest BCUT2D eigenvalue weighted by Crippen LogP contribution is -2.34. The lowest BCUT2D eigenvalue weighted by Gasteiger charge is -2.28. The van der Waals surface area contributed by atoms with Crippen LogP contribution in [-0.4, -0.2) is 33.0 Å². The van der Waals surface area contributed by atoms with Crippen molar-refractivity contribution < 1.29 is 21.6 Å². The molecule has 146 valence electrons. The third-order valence-corrected chi connectivity index (χ3v) is 6.15. The molecule has 0 saturated carbocycles. The molecule has 1 heterocycles. The van der Waals surface area contributed by atoms with Crippen molar-refractivity contribution in [1.29, 1.82) is 0 Å². The predicted molar refractivity (Wildman–Crippen MR) is 96.7 cm³/mol. The van der Waals surface area contributed by atoms with Gasteiger partial charge in [-0.15, -0.1) is 0 Å². The van der Waals surface area contributed by atoms with E-state index in [1.807, 2.05) is 12.1 Å². The molecule has 1 aliphatic heterocycles. The summed E-state index contributed by atoms with van der Waals surface area (Å²) < 4.78 is 66.0. The van der Waals surface area contributed by atoms with Gasteiger partial charge in [-0.2, -0.15) is 13.2 Å². The van der Waals surface area contributed by atoms with Gasteiger partial charge in [0, 0.05) is 19.6 Å². The number of halogens is 3. The van der Waals surface area contributed by atoms with Gasteiger partial charge in [0.05, 0.1) is 10.5 Å². The fourth-order valence-electron chi connectivity index (χ4n) is 3.27. The van der Waals surface area contributed by atoms with Crippen LogP contribution in [0.1, 0.15) is 23.1 Å². The zero-order valence-electron chi connectivity index (χ0n) is 14.7. The van der Waals surface area contributed by atoms with E-state index in [1.54, 1.807) is 0 Å². The average Bonchev–Trinajstić information content (AvgIpc) is 2.64. The molecule has 0 aromatic heterocycles. The highest BCUT2D eigenvalue weighted by Crippen LogP contribution is 2.33. The van der Waals surface area contributed by atoms with E-state index in [4.69, 9.17) is 0 Å². The Labute approximate surface area is 157 Å². The number of hydrogen-bond donors (Lipinski definition) is 1. The number of sulfonamides is 1. The molecule has 0 bridgehead atoms. The Morgan fingerprint density at radius 3 is 2.41 bits per heavy atom. The van der Waals surface area contributed by atoms with Gasteiger partial charge in [-0.05, 0) is 42.6 Å². The van der Waals surface area contributed by atoms with E-state index in [1.165, 1.54) is 23.3 Å². The smallest absolute Gasteiger partial charge is 0.299 e. The van der Waals surface area contributed by atoms with Crippen LogP contribution in [-0.2, 0) is 29.2 Å². The second kappa shape index (κ2) is 8.00. The van der Waals surface area contributed by atoms with E-state index in [0.29, 0.717) is 13.0 Å². The molecular weight excluding hydrogens is 377 g/mol. The van der Waals surface area contributed by atoms with Gasteiger partial charge in [-0.3, -0.25) is 4.90 Å². The third-order valence-electron chi connectivity index (χ3n) is 4.63. The van der Waals surface area contributed by atoms with Gasteiger partial charge in [-0.1, -0.05) is 36.4 Å². The molecule has 8 heteroatoms. The molecular formula is C19H21F3N2O2S. The summed E-state index contributed by atoms with van der Waals surface area (Å²) in [5, 5.41) is 0. The first-order valence-corrected chi connectivity index (χ1v) is 10.2. The number of benzene rings is 2. The number of alkyl halides is 3. The standard InChI is InChI=1S/C19H21F3N2O2S/c20-19(21,22)17-8-3-4-9-18(17)27(25,26)23-11-5-12-24-13-10-15-6-1-2-7-16(15)14-24/h1-4,6-9,23H,5,10-14H2. The van der Waals surface area contributed by atoms with Crippen molar-refractivity contribution in [3.05, 3.63) is 65.2 Å². The third kappa shape index (κ3) is 4.88. The maximum absolute atomic E-state index is 13.0. The van der Waals surface area contributed by atoms with E-state index in [-0.39, 0.29) is 6.54 Å². The molecule has 0 saturated heterocycles. The van der Waals surface area contributed by atoms with Crippen molar-refractivity contribution in [2.45, 2.75) is 30.5 Å². The summed E-state index contributed by atoms with van der Waals surface area (Å²) in [6.07, 6.45) is -3.25. The first kappa shape index (κ1) is 19.9. The normalized spacial score (nSPS) is 15.5. The average molecular weight is 398 g/mol. The van der Waals surface area contributed by atoms with Gasteiger partial charge in [0.1, 0.15) is 0 Å². The summed E-state index contributed by atoms with van der Waals surface area (Å²) in [6, 6.07) is 12.4. The van der Waals surface area contributed by atoms with Crippen LogP contribution in [0, 0.1) is 0 Å². The largest absolute Gasteiger partial charge is 0.417 e.